The Balaban J connectivity index is 0.000000483. The SMILES string of the molecule is CC[C@]1(O)C[C@H]2CN(CCc3c([nH]c4ccccc34)[C@@](C(=O)OC)(c3cc4c(cc3OC)N(C=O)[C@H]3[C@@](O)(C(=O)OC)[C@H](OC(C)=O)[C@]5(CC)C=CCN6CC[C@]43[C@@H]65)C2)C1.O=C(O)CC(O)(CC(=O)O)C(=O)O. The molecule has 5 aliphatic heterocycles. The van der Waals surface area contributed by atoms with Gasteiger partial charge in [0.25, 0.3) is 0 Å². The van der Waals surface area contributed by atoms with Crippen molar-refractivity contribution < 1.29 is 83.1 Å². The van der Waals surface area contributed by atoms with E-state index in [-0.39, 0.29) is 12.3 Å². The van der Waals surface area contributed by atoms with Crippen molar-refractivity contribution in [1.82, 2.24) is 14.8 Å². The summed E-state index contributed by atoms with van der Waals surface area (Å²) in [5.74, 6) is -7.08. The maximum absolute atomic E-state index is 15.3. The largest absolute Gasteiger partial charge is 0.496 e. The molecule has 6 aliphatic rings. The van der Waals surface area contributed by atoms with Crippen molar-refractivity contribution in [2.24, 2.45) is 11.3 Å². The van der Waals surface area contributed by atoms with Crippen LogP contribution in [-0.2, 0) is 65.0 Å². The van der Waals surface area contributed by atoms with Crippen molar-refractivity contribution in [1.29, 1.82) is 0 Å². The van der Waals surface area contributed by atoms with Crippen LogP contribution < -0.4 is 9.64 Å². The van der Waals surface area contributed by atoms with E-state index in [0.29, 0.717) is 99.5 Å². The number of carboxylic acids is 3. The monoisotopic (exact) mass is 1020 g/mol. The van der Waals surface area contributed by atoms with E-state index in [1.165, 1.54) is 33.2 Å². The fraction of sp³-hybridized carbons (Fsp3) is 0.558. The molecule has 9 rings (SSSR count). The maximum atomic E-state index is 15.3. The highest BCUT2D eigenvalue weighted by Crippen LogP contribution is 2.68. The van der Waals surface area contributed by atoms with Crippen LogP contribution in [0.2, 0.25) is 0 Å². The van der Waals surface area contributed by atoms with Gasteiger partial charge in [0.05, 0.1) is 51.5 Å². The second kappa shape index (κ2) is 19.1. The molecule has 1 aromatic heterocycles. The quantitative estimate of drug-likeness (QED) is 0.0559. The smallest absolute Gasteiger partial charge is 0.344 e. The Morgan fingerprint density at radius 2 is 1.58 bits per heavy atom. The summed E-state index contributed by atoms with van der Waals surface area (Å²) in [6.45, 7) is 8.16. The number of piperidine rings is 1. The molecule has 3 fully saturated rings. The van der Waals surface area contributed by atoms with E-state index < -0.39 is 99.9 Å². The fourth-order valence-corrected chi connectivity index (χ4v) is 14.1. The molecule has 1 saturated carbocycles. The first-order valence-electron chi connectivity index (χ1n) is 24.4. The Labute approximate surface area is 420 Å². The molecule has 10 atom stereocenters. The number of hydrogen-bond donors (Lipinski definition) is 7. The van der Waals surface area contributed by atoms with E-state index in [4.69, 9.17) is 39.4 Å². The summed E-state index contributed by atoms with van der Waals surface area (Å²) in [7, 11) is 4.09. The zero-order valence-corrected chi connectivity index (χ0v) is 41.7. The van der Waals surface area contributed by atoms with Gasteiger partial charge >= 0.3 is 35.8 Å². The van der Waals surface area contributed by atoms with E-state index in [2.05, 4.69) is 20.9 Å². The van der Waals surface area contributed by atoms with Crippen LogP contribution in [0, 0.1) is 11.3 Å². The van der Waals surface area contributed by atoms with Gasteiger partial charge in [-0.15, -0.1) is 0 Å². The van der Waals surface area contributed by atoms with E-state index in [1.54, 1.807) is 6.07 Å². The third kappa shape index (κ3) is 8.05. The highest BCUT2D eigenvalue weighted by atomic mass is 16.6. The van der Waals surface area contributed by atoms with Crippen LogP contribution in [0.25, 0.3) is 10.9 Å². The van der Waals surface area contributed by atoms with Crippen molar-refractivity contribution in [3.8, 4) is 5.75 Å². The molecule has 1 aliphatic carbocycles. The number of fused-ring (bicyclic) bond motifs is 6. The number of rotatable bonds is 13. The molecule has 394 valence electrons. The average molecular weight is 1020 g/mol. The average Bonchev–Trinajstić information content (AvgIpc) is 4.03. The lowest BCUT2D eigenvalue weighted by Crippen LogP contribution is -2.81. The van der Waals surface area contributed by atoms with Crippen LogP contribution in [0.4, 0.5) is 5.69 Å². The number of para-hydroxylation sites is 1. The first kappa shape index (κ1) is 52.9. The highest BCUT2D eigenvalue weighted by Gasteiger charge is 2.81. The molecule has 73 heavy (non-hydrogen) atoms. The standard InChI is InChI=1S/C46H56N4O10.C6H8O7/c1-7-42(55)22-28-23-45(40(53)58-5,36-30(14-18-48(24-28)25-42)29-12-9-10-13-33(29)47-36)32-20-31-34(21-35(32)57-4)50(26-51)38-44(31)16-19-49-17-11-15-43(8-2,37(44)49)39(60-27(3)52)46(38,56)41(54)59-6;7-3(8)1-6(13,5(11)12)2-4(9)10/h9-13,15,20-21,26,28,37-39,47,55-56H,7-8,14,16-19,22-25H2,1-6H3;13H,1-2H2,(H,7,8)(H,9,10)(H,11,12)/t28-,37+,38-,39-,42+,43-,44-,45+,46+;/m1./s1. The summed E-state index contributed by atoms with van der Waals surface area (Å²) >= 11 is 0. The number of nitrogens with zero attached hydrogens (tertiary/aromatic N) is 3. The summed E-state index contributed by atoms with van der Waals surface area (Å²) in [6, 6.07) is 9.97. The first-order chi connectivity index (χ1) is 34.5. The number of anilines is 1. The summed E-state index contributed by atoms with van der Waals surface area (Å²) in [5.41, 5.74) is -5.89. The summed E-state index contributed by atoms with van der Waals surface area (Å²) in [6.07, 6.45) is 3.54. The minimum atomic E-state index is -2.74. The summed E-state index contributed by atoms with van der Waals surface area (Å²) < 4.78 is 23.7. The van der Waals surface area contributed by atoms with Gasteiger partial charge in [-0.3, -0.25) is 33.8 Å². The van der Waals surface area contributed by atoms with Crippen molar-refractivity contribution in [3.63, 3.8) is 0 Å². The highest BCUT2D eigenvalue weighted by molar-refractivity contribution is 5.97. The Kier molecular flexibility index (Phi) is 13.9. The third-order valence-electron chi connectivity index (χ3n) is 16.8. The normalized spacial score (nSPS) is 31.9. The Hall–Kier alpha value is -6.39. The van der Waals surface area contributed by atoms with Gasteiger partial charge in [-0.1, -0.05) is 44.2 Å². The second-order valence-electron chi connectivity index (χ2n) is 20.6. The second-order valence-corrected chi connectivity index (χ2v) is 20.6. The topological polar surface area (TPSA) is 303 Å². The third-order valence-corrected chi connectivity index (χ3v) is 16.8. The van der Waals surface area contributed by atoms with Gasteiger partial charge in [0.2, 0.25) is 12.0 Å². The van der Waals surface area contributed by atoms with Crippen LogP contribution in [0.3, 0.4) is 0 Å². The Morgan fingerprint density at radius 1 is 0.890 bits per heavy atom. The molecular weight excluding hydrogens is 953 g/mol. The molecule has 3 aromatic rings. The number of hydrogen-bond acceptors (Lipinski definition) is 16. The Bertz CT molecular complexity index is 2760. The molecule has 21 heteroatoms. The molecule has 2 saturated heterocycles. The first-order valence-corrected chi connectivity index (χ1v) is 24.4. The minimum absolute atomic E-state index is 0.155. The fourth-order valence-electron chi connectivity index (χ4n) is 14.1. The number of benzene rings is 2. The molecule has 7 N–H and O–H groups in total. The number of nitrogens with one attached hydrogen (secondary N) is 1. The molecule has 2 bridgehead atoms. The van der Waals surface area contributed by atoms with E-state index in [9.17, 15) is 39.0 Å². The lowest BCUT2D eigenvalue weighted by atomic mass is 9.47. The number of aromatic amines is 1. The van der Waals surface area contributed by atoms with Crippen LogP contribution >= 0.6 is 0 Å². The number of H-pyrrole nitrogens is 1. The summed E-state index contributed by atoms with van der Waals surface area (Å²) in [4.78, 5) is 96.6. The zero-order valence-electron chi connectivity index (χ0n) is 41.7. The molecule has 6 heterocycles. The molecule has 1 unspecified atom stereocenters. The van der Waals surface area contributed by atoms with E-state index in [1.807, 2.05) is 50.3 Å². The van der Waals surface area contributed by atoms with Crippen LogP contribution in [-0.4, -0.2) is 177 Å². The number of aliphatic hydroxyl groups is 3. The van der Waals surface area contributed by atoms with Crippen molar-refractivity contribution in [2.45, 2.75) is 118 Å². The molecule has 0 radical (unpaired) electrons. The predicted molar refractivity (Wildman–Crippen MR) is 258 cm³/mol. The van der Waals surface area contributed by atoms with Gasteiger partial charge in [-0.25, -0.2) is 9.59 Å². The van der Waals surface area contributed by atoms with Gasteiger partial charge in [0.15, 0.2) is 11.7 Å². The molecule has 2 aromatic carbocycles. The maximum Gasteiger partial charge on any atom is 0.344 e. The summed E-state index contributed by atoms with van der Waals surface area (Å²) in [5, 5.41) is 60.1. The number of methoxy groups -OCH3 is 3. The number of esters is 3. The van der Waals surface area contributed by atoms with Gasteiger partial charge in [-0.2, -0.15) is 0 Å². The number of carbonyl (C=O) groups excluding carboxylic acids is 4. The number of amides is 1. The minimum Gasteiger partial charge on any atom is -0.496 e. The number of aliphatic carboxylic acids is 3. The number of carbonyl (C=O) groups is 7. The number of aromatic nitrogens is 1. The predicted octanol–water partition coefficient (Wildman–Crippen LogP) is 2.27. The molecular formula is C52H64N4O17. The van der Waals surface area contributed by atoms with E-state index >= 15 is 4.79 Å². The molecule has 1 spiro atoms. The lowest BCUT2D eigenvalue weighted by molar-refractivity contribution is -0.228. The number of ether oxygens (including phenoxy) is 4. The molecule has 1 amide bonds. The van der Waals surface area contributed by atoms with Crippen molar-refractivity contribution in [3.05, 3.63) is 70.9 Å². The van der Waals surface area contributed by atoms with Gasteiger partial charge < -0.3 is 59.5 Å². The Morgan fingerprint density at radius 3 is 2.16 bits per heavy atom. The lowest BCUT2D eigenvalue weighted by Gasteiger charge is -2.63. The van der Waals surface area contributed by atoms with Crippen LogP contribution in [0.1, 0.15) is 88.1 Å². The van der Waals surface area contributed by atoms with Crippen LogP contribution in [0.15, 0.2) is 48.6 Å². The van der Waals surface area contributed by atoms with Gasteiger partial charge in [0, 0.05) is 78.2 Å². The van der Waals surface area contributed by atoms with Crippen LogP contribution in [0.5, 0.6) is 5.75 Å². The van der Waals surface area contributed by atoms with Gasteiger partial charge in [-0.05, 0) is 74.2 Å². The van der Waals surface area contributed by atoms with Crippen molar-refractivity contribution in [2.75, 3.05) is 59.0 Å². The zero-order chi connectivity index (χ0) is 53.2. The molecule has 21 nitrogen and oxygen atoms in total. The van der Waals surface area contributed by atoms with E-state index in [0.717, 1.165) is 16.5 Å². The van der Waals surface area contributed by atoms with Gasteiger partial charge in [0.1, 0.15) is 11.2 Å². The number of carboxylic acid groups (broad SMARTS) is 3. The van der Waals surface area contributed by atoms with Crippen molar-refractivity contribution >= 4 is 58.8 Å².